The molecule has 0 amide bonds. The molecule has 98 valence electrons. The Balaban J connectivity index is 2.63. The van der Waals surface area contributed by atoms with Gasteiger partial charge in [0.1, 0.15) is 6.04 Å². The Bertz CT molecular complexity index is 280. The number of likely N-dealkylation sites (tertiary alicyclic amines) is 1. The van der Waals surface area contributed by atoms with Crippen molar-refractivity contribution in [3.8, 4) is 0 Å². The first-order valence-electron chi connectivity index (χ1n) is 6.14. The minimum atomic E-state index is -0.794. The van der Waals surface area contributed by atoms with Gasteiger partial charge in [0.25, 0.3) is 0 Å². The van der Waals surface area contributed by atoms with Gasteiger partial charge in [0.15, 0.2) is 0 Å². The van der Waals surface area contributed by atoms with Crippen LogP contribution >= 0.6 is 0 Å². The van der Waals surface area contributed by atoms with E-state index in [4.69, 9.17) is 4.74 Å². The fourth-order valence-corrected chi connectivity index (χ4v) is 2.38. The predicted molar refractivity (Wildman–Crippen MR) is 62.6 cm³/mol. The summed E-state index contributed by atoms with van der Waals surface area (Å²) in [6.07, 6.45) is 3.11. The number of methoxy groups -OCH3 is 1. The lowest BCUT2D eigenvalue weighted by atomic mass is 9.96. The second-order valence-electron chi connectivity index (χ2n) is 4.50. The van der Waals surface area contributed by atoms with Gasteiger partial charge in [0, 0.05) is 6.54 Å². The number of carbonyl (C=O) groups excluding carboxylic acids is 1. The molecule has 0 spiro atoms. The predicted octanol–water partition coefficient (Wildman–Crippen LogP) is 1.12. The number of esters is 1. The maximum atomic E-state index is 11.5. The highest BCUT2D eigenvalue weighted by Gasteiger charge is 2.32. The summed E-state index contributed by atoms with van der Waals surface area (Å²) in [7, 11) is 1.38. The van der Waals surface area contributed by atoms with Crippen molar-refractivity contribution in [2.24, 2.45) is 5.92 Å². The molecule has 5 nitrogen and oxygen atoms in total. The molecule has 0 radical (unpaired) electrons. The summed E-state index contributed by atoms with van der Waals surface area (Å²) in [5, 5.41) is 9.18. The van der Waals surface area contributed by atoms with E-state index in [-0.39, 0.29) is 11.9 Å². The summed E-state index contributed by atoms with van der Waals surface area (Å²) < 4.78 is 4.73. The summed E-state index contributed by atoms with van der Waals surface area (Å²) in [4.78, 5) is 24.5. The van der Waals surface area contributed by atoms with Crippen LogP contribution in [0.15, 0.2) is 0 Å². The van der Waals surface area contributed by atoms with Gasteiger partial charge in [-0.1, -0.05) is 13.3 Å². The molecule has 1 saturated heterocycles. The first kappa shape index (κ1) is 14.0. The highest BCUT2D eigenvalue weighted by molar-refractivity contribution is 5.74. The van der Waals surface area contributed by atoms with Crippen LogP contribution in [0.25, 0.3) is 0 Å². The Morgan fingerprint density at radius 3 is 2.76 bits per heavy atom. The molecule has 0 aliphatic carbocycles. The first-order valence-corrected chi connectivity index (χ1v) is 6.14. The molecule has 5 heteroatoms. The molecule has 1 rings (SSSR count). The van der Waals surface area contributed by atoms with Crippen molar-refractivity contribution in [3.05, 3.63) is 0 Å². The van der Waals surface area contributed by atoms with E-state index in [2.05, 4.69) is 0 Å². The first-order chi connectivity index (χ1) is 8.10. The molecular formula is C12H21NO4. The zero-order valence-corrected chi connectivity index (χ0v) is 10.5. The molecule has 0 saturated carbocycles. The minimum absolute atomic E-state index is 0.174. The second-order valence-corrected chi connectivity index (χ2v) is 4.50. The lowest BCUT2D eigenvalue weighted by Gasteiger charge is -2.35. The third kappa shape index (κ3) is 3.70. The molecule has 1 N–H and O–H groups in total. The van der Waals surface area contributed by atoms with Crippen LogP contribution in [-0.2, 0) is 14.3 Å². The number of rotatable bonds is 5. The van der Waals surface area contributed by atoms with Gasteiger partial charge in [0.05, 0.1) is 13.0 Å². The Kier molecular flexibility index (Phi) is 5.41. The molecule has 2 unspecified atom stereocenters. The van der Waals surface area contributed by atoms with Crippen molar-refractivity contribution in [3.63, 3.8) is 0 Å². The number of carboxylic acids is 1. The van der Waals surface area contributed by atoms with E-state index in [1.165, 1.54) is 7.11 Å². The average molecular weight is 243 g/mol. The Morgan fingerprint density at radius 2 is 2.24 bits per heavy atom. The monoisotopic (exact) mass is 243 g/mol. The highest BCUT2D eigenvalue weighted by Crippen LogP contribution is 2.21. The zero-order valence-electron chi connectivity index (χ0n) is 10.5. The van der Waals surface area contributed by atoms with Crippen molar-refractivity contribution in [2.45, 2.75) is 38.6 Å². The zero-order chi connectivity index (χ0) is 12.8. The summed E-state index contributed by atoms with van der Waals surface area (Å²) in [6, 6.07) is -0.465. The summed E-state index contributed by atoms with van der Waals surface area (Å²) in [5.41, 5.74) is 0. The van der Waals surface area contributed by atoms with Crippen molar-refractivity contribution in [1.82, 2.24) is 4.90 Å². The molecule has 1 fully saturated rings. The molecule has 1 aliphatic rings. The Hall–Kier alpha value is -1.10. The normalized spacial score (nSPS) is 23.1. The van der Waals surface area contributed by atoms with E-state index in [9.17, 15) is 14.7 Å². The standard InChI is InChI=1S/C12H21NO4/c1-3-5-10(11(14)15)13-7-4-6-9(8-13)12(16)17-2/h9-10H,3-8H2,1-2H3,(H,14,15). The van der Waals surface area contributed by atoms with Crippen molar-refractivity contribution >= 4 is 11.9 Å². The number of carboxylic acid groups (broad SMARTS) is 1. The fourth-order valence-electron chi connectivity index (χ4n) is 2.38. The number of hydrogen-bond acceptors (Lipinski definition) is 4. The molecule has 0 aromatic rings. The van der Waals surface area contributed by atoms with Gasteiger partial charge < -0.3 is 9.84 Å². The largest absolute Gasteiger partial charge is 0.480 e. The van der Waals surface area contributed by atoms with Gasteiger partial charge in [-0.3, -0.25) is 14.5 Å². The molecule has 1 aliphatic heterocycles. The Morgan fingerprint density at radius 1 is 1.53 bits per heavy atom. The molecule has 0 aromatic heterocycles. The van der Waals surface area contributed by atoms with Gasteiger partial charge in [-0.25, -0.2) is 0 Å². The van der Waals surface area contributed by atoms with Crippen molar-refractivity contribution in [1.29, 1.82) is 0 Å². The maximum Gasteiger partial charge on any atom is 0.320 e. The van der Waals surface area contributed by atoms with E-state index >= 15 is 0 Å². The summed E-state index contributed by atoms with van der Waals surface area (Å²) in [5.74, 6) is -1.19. The minimum Gasteiger partial charge on any atom is -0.480 e. The molecule has 0 aromatic carbocycles. The average Bonchev–Trinajstić information content (AvgIpc) is 2.34. The van der Waals surface area contributed by atoms with Crippen LogP contribution in [0.3, 0.4) is 0 Å². The van der Waals surface area contributed by atoms with Crippen LogP contribution in [0.2, 0.25) is 0 Å². The number of ether oxygens (including phenoxy) is 1. The Labute approximate surface area is 102 Å². The van der Waals surface area contributed by atoms with Crippen LogP contribution in [0.4, 0.5) is 0 Å². The van der Waals surface area contributed by atoms with Gasteiger partial charge in [0.2, 0.25) is 0 Å². The van der Waals surface area contributed by atoms with E-state index < -0.39 is 12.0 Å². The number of nitrogens with zero attached hydrogens (tertiary/aromatic N) is 1. The maximum absolute atomic E-state index is 11.5. The van der Waals surface area contributed by atoms with Crippen LogP contribution in [0.1, 0.15) is 32.6 Å². The van der Waals surface area contributed by atoms with Crippen LogP contribution in [0, 0.1) is 5.92 Å². The number of piperidine rings is 1. The van der Waals surface area contributed by atoms with Crippen molar-refractivity contribution < 1.29 is 19.4 Å². The van der Waals surface area contributed by atoms with Gasteiger partial charge >= 0.3 is 11.9 Å². The SMILES string of the molecule is CCCC(C(=O)O)N1CCCC(C(=O)OC)C1. The van der Waals surface area contributed by atoms with E-state index in [1.807, 2.05) is 11.8 Å². The molecule has 17 heavy (non-hydrogen) atoms. The topological polar surface area (TPSA) is 66.8 Å². The van der Waals surface area contributed by atoms with Crippen LogP contribution < -0.4 is 0 Å². The van der Waals surface area contributed by atoms with E-state index in [1.54, 1.807) is 0 Å². The smallest absolute Gasteiger partial charge is 0.320 e. The summed E-state index contributed by atoms with van der Waals surface area (Å²) >= 11 is 0. The molecule has 1 heterocycles. The number of hydrogen-bond donors (Lipinski definition) is 1. The second kappa shape index (κ2) is 6.59. The van der Waals surface area contributed by atoms with Crippen LogP contribution in [0.5, 0.6) is 0 Å². The number of aliphatic carboxylic acids is 1. The molecule has 2 atom stereocenters. The van der Waals surface area contributed by atoms with Crippen LogP contribution in [-0.4, -0.2) is 48.2 Å². The third-order valence-electron chi connectivity index (χ3n) is 3.28. The highest BCUT2D eigenvalue weighted by atomic mass is 16.5. The quantitative estimate of drug-likeness (QED) is 0.733. The van der Waals surface area contributed by atoms with Gasteiger partial charge in [-0.2, -0.15) is 0 Å². The molecule has 0 bridgehead atoms. The molecular weight excluding hydrogens is 222 g/mol. The summed E-state index contributed by atoms with van der Waals surface area (Å²) in [6.45, 7) is 3.23. The third-order valence-corrected chi connectivity index (χ3v) is 3.28. The van der Waals surface area contributed by atoms with Gasteiger partial charge in [-0.15, -0.1) is 0 Å². The van der Waals surface area contributed by atoms with Crippen molar-refractivity contribution in [2.75, 3.05) is 20.2 Å². The fraction of sp³-hybridized carbons (Fsp3) is 0.833. The van der Waals surface area contributed by atoms with E-state index in [0.29, 0.717) is 13.0 Å². The lowest BCUT2D eigenvalue weighted by Crippen LogP contribution is -2.48. The van der Waals surface area contributed by atoms with E-state index in [0.717, 1.165) is 25.8 Å². The lowest BCUT2D eigenvalue weighted by molar-refractivity contribution is -0.151. The number of carbonyl (C=O) groups is 2. The van der Waals surface area contributed by atoms with Gasteiger partial charge in [-0.05, 0) is 25.8 Å².